The van der Waals surface area contributed by atoms with E-state index in [9.17, 15) is 9.90 Å². The van der Waals surface area contributed by atoms with Gasteiger partial charge in [-0.1, -0.05) is 13.0 Å². The lowest BCUT2D eigenvalue weighted by molar-refractivity contribution is -0.142. The first-order valence-electron chi connectivity index (χ1n) is 11.5. The number of hydrogen-bond acceptors (Lipinski definition) is 6. The molecule has 1 N–H and O–H groups in total. The molecule has 5 atom stereocenters. The van der Waals surface area contributed by atoms with Crippen LogP contribution < -0.4 is 9.64 Å². The fourth-order valence-electron chi connectivity index (χ4n) is 7.82. The van der Waals surface area contributed by atoms with Crippen molar-refractivity contribution in [2.45, 2.75) is 75.9 Å². The number of phenolic OH excluding ortho intramolecular Hbond substituents is 1. The van der Waals surface area contributed by atoms with E-state index in [0.717, 1.165) is 31.6 Å². The Labute approximate surface area is 179 Å². The lowest BCUT2D eigenvalue weighted by Gasteiger charge is -2.59. The van der Waals surface area contributed by atoms with Crippen LogP contribution in [-0.2, 0) is 14.9 Å². The van der Waals surface area contributed by atoms with Crippen LogP contribution in [0.5, 0.6) is 11.5 Å². The zero-order valence-corrected chi connectivity index (χ0v) is 18.6. The number of piperidine rings is 1. The largest absolute Gasteiger partial charge is 0.503 e. The van der Waals surface area contributed by atoms with Crippen LogP contribution in [-0.4, -0.2) is 61.4 Å². The van der Waals surface area contributed by atoms with E-state index in [4.69, 9.17) is 9.47 Å². The summed E-state index contributed by atoms with van der Waals surface area (Å²) in [6.07, 6.45) is 7.03. The van der Waals surface area contributed by atoms with Crippen LogP contribution in [0.1, 0.15) is 57.9 Å². The molecule has 5 rings (SSSR count). The number of rotatable bonds is 4. The first kappa shape index (κ1) is 20.0. The number of anilines is 1. The Morgan fingerprint density at radius 1 is 1.27 bits per heavy atom. The number of carbonyl (C=O) groups excluding carboxylic acids is 1. The van der Waals surface area contributed by atoms with Gasteiger partial charge in [0.1, 0.15) is 6.04 Å². The van der Waals surface area contributed by atoms with Crippen molar-refractivity contribution in [1.29, 1.82) is 0 Å². The Kier molecular flexibility index (Phi) is 4.51. The molecule has 4 aliphatic rings. The van der Waals surface area contributed by atoms with Gasteiger partial charge >= 0.3 is 5.97 Å². The van der Waals surface area contributed by atoms with Gasteiger partial charge in [-0.2, -0.15) is 0 Å². The molecule has 6 nitrogen and oxygen atoms in total. The Balaban J connectivity index is 1.74. The summed E-state index contributed by atoms with van der Waals surface area (Å²) in [5.41, 5.74) is 2.25. The number of fused-ring (bicyclic) bond motifs is 1. The lowest BCUT2D eigenvalue weighted by atomic mass is 9.52. The van der Waals surface area contributed by atoms with Crippen LogP contribution in [0.3, 0.4) is 0 Å². The second-order valence-electron chi connectivity index (χ2n) is 9.72. The number of nitrogens with zero attached hydrogens (tertiary/aromatic N) is 2. The molecular weight excluding hydrogens is 380 g/mol. The summed E-state index contributed by atoms with van der Waals surface area (Å²) in [5.74, 6) is 0.364. The molecule has 0 amide bonds. The molecule has 2 saturated heterocycles. The van der Waals surface area contributed by atoms with Crippen molar-refractivity contribution in [2.75, 3.05) is 32.2 Å². The van der Waals surface area contributed by atoms with Gasteiger partial charge in [-0.3, -0.25) is 4.90 Å². The molecule has 164 valence electrons. The smallest absolute Gasteiger partial charge is 0.328 e. The summed E-state index contributed by atoms with van der Waals surface area (Å²) in [7, 11) is 3.02. The first-order valence-corrected chi connectivity index (χ1v) is 11.5. The zero-order valence-electron chi connectivity index (χ0n) is 18.6. The van der Waals surface area contributed by atoms with Crippen LogP contribution >= 0.6 is 0 Å². The molecule has 0 aromatic heterocycles. The Bertz CT molecular complexity index is 873. The van der Waals surface area contributed by atoms with Gasteiger partial charge in [0.25, 0.3) is 0 Å². The average Bonchev–Trinajstić information content (AvgIpc) is 3.31. The van der Waals surface area contributed by atoms with Crippen LogP contribution in [0, 0.1) is 5.41 Å². The van der Waals surface area contributed by atoms with E-state index in [1.807, 2.05) is 13.0 Å². The fourth-order valence-corrected chi connectivity index (χ4v) is 7.82. The van der Waals surface area contributed by atoms with Gasteiger partial charge in [0, 0.05) is 17.5 Å². The molecule has 3 heterocycles. The van der Waals surface area contributed by atoms with Gasteiger partial charge in [-0.25, -0.2) is 4.79 Å². The summed E-state index contributed by atoms with van der Waals surface area (Å²) in [6.45, 7) is 6.51. The highest BCUT2D eigenvalue weighted by atomic mass is 16.5. The zero-order chi connectivity index (χ0) is 21.3. The number of methoxy groups -OCH3 is 2. The highest BCUT2D eigenvalue weighted by molar-refractivity contribution is 5.85. The van der Waals surface area contributed by atoms with Crippen molar-refractivity contribution in [1.82, 2.24) is 4.90 Å². The van der Waals surface area contributed by atoms with Crippen LogP contribution in [0.2, 0.25) is 0 Å². The van der Waals surface area contributed by atoms with E-state index in [2.05, 4.69) is 22.8 Å². The maximum atomic E-state index is 12.7. The predicted molar refractivity (Wildman–Crippen MR) is 115 cm³/mol. The number of esters is 1. The number of benzene rings is 1. The fraction of sp³-hybridized carbons (Fsp3) is 0.708. The van der Waals surface area contributed by atoms with Crippen molar-refractivity contribution in [2.24, 2.45) is 5.41 Å². The van der Waals surface area contributed by atoms with Crippen molar-refractivity contribution in [3.05, 3.63) is 17.7 Å². The molecule has 1 saturated carbocycles. The van der Waals surface area contributed by atoms with Crippen molar-refractivity contribution in [3.8, 4) is 11.5 Å². The molecule has 30 heavy (non-hydrogen) atoms. The van der Waals surface area contributed by atoms with Gasteiger partial charge in [-0.15, -0.1) is 0 Å². The van der Waals surface area contributed by atoms with Crippen molar-refractivity contribution in [3.63, 3.8) is 0 Å². The third kappa shape index (κ3) is 2.26. The highest BCUT2D eigenvalue weighted by Gasteiger charge is 2.68. The molecule has 1 aromatic carbocycles. The summed E-state index contributed by atoms with van der Waals surface area (Å²) in [4.78, 5) is 17.6. The summed E-state index contributed by atoms with van der Waals surface area (Å²) in [5, 5.41) is 11.2. The summed E-state index contributed by atoms with van der Waals surface area (Å²) in [6, 6.07) is 4.26. The molecule has 3 fully saturated rings. The van der Waals surface area contributed by atoms with Gasteiger partial charge in [0.05, 0.1) is 19.9 Å². The molecule has 1 spiro atoms. The summed E-state index contributed by atoms with van der Waals surface area (Å²) < 4.78 is 10.6. The van der Waals surface area contributed by atoms with Crippen molar-refractivity contribution < 1.29 is 19.4 Å². The number of ether oxygens (including phenoxy) is 2. The van der Waals surface area contributed by atoms with Gasteiger partial charge in [-0.05, 0) is 75.6 Å². The Morgan fingerprint density at radius 2 is 2.07 bits per heavy atom. The molecule has 0 bridgehead atoms. The van der Waals surface area contributed by atoms with E-state index in [-0.39, 0.29) is 23.2 Å². The normalized spacial score (nSPS) is 35.4. The molecule has 1 aromatic rings. The predicted octanol–water partition coefficient (Wildman–Crippen LogP) is 3.45. The minimum atomic E-state index is -0.456. The number of carbonyl (C=O) groups is 1. The van der Waals surface area contributed by atoms with E-state index >= 15 is 0 Å². The first-order chi connectivity index (χ1) is 14.4. The monoisotopic (exact) mass is 414 g/mol. The average molecular weight is 415 g/mol. The SMILES string of the molecule is CCC12CCCN3CCC4(c5ccc(OC)c(O)c5N(C(C)C(=O)OC)C4CC1)C32. The second kappa shape index (κ2) is 6.78. The van der Waals surface area contributed by atoms with Crippen LogP contribution in [0.25, 0.3) is 0 Å². The number of aromatic hydroxyl groups is 1. The maximum absolute atomic E-state index is 12.7. The molecule has 1 aliphatic carbocycles. The molecule has 6 heteroatoms. The van der Waals surface area contributed by atoms with Crippen molar-refractivity contribution >= 4 is 11.7 Å². The topological polar surface area (TPSA) is 62.2 Å². The minimum Gasteiger partial charge on any atom is -0.503 e. The van der Waals surface area contributed by atoms with Crippen LogP contribution in [0.4, 0.5) is 5.69 Å². The minimum absolute atomic E-state index is 0.0595. The lowest BCUT2D eigenvalue weighted by Crippen LogP contribution is -2.65. The van der Waals surface area contributed by atoms with E-state index in [1.165, 1.54) is 38.4 Å². The van der Waals surface area contributed by atoms with E-state index < -0.39 is 6.04 Å². The molecule has 3 aliphatic heterocycles. The second-order valence-corrected chi connectivity index (χ2v) is 9.72. The maximum Gasteiger partial charge on any atom is 0.328 e. The molecule has 5 unspecified atom stereocenters. The van der Waals surface area contributed by atoms with Gasteiger partial charge in [0.15, 0.2) is 11.5 Å². The number of hydrogen-bond donors (Lipinski definition) is 1. The Morgan fingerprint density at radius 3 is 2.77 bits per heavy atom. The molecular formula is C24H34N2O4. The third-order valence-electron chi connectivity index (χ3n) is 8.97. The third-order valence-corrected chi connectivity index (χ3v) is 8.97. The highest BCUT2D eigenvalue weighted by Crippen LogP contribution is 2.67. The molecule has 0 radical (unpaired) electrons. The van der Waals surface area contributed by atoms with E-state index in [0.29, 0.717) is 17.2 Å². The van der Waals surface area contributed by atoms with Crippen LogP contribution in [0.15, 0.2) is 12.1 Å². The van der Waals surface area contributed by atoms with Gasteiger partial charge < -0.3 is 19.5 Å². The Hall–Kier alpha value is -1.95. The number of phenols is 1. The summed E-state index contributed by atoms with van der Waals surface area (Å²) >= 11 is 0. The van der Waals surface area contributed by atoms with E-state index in [1.54, 1.807) is 7.11 Å². The van der Waals surface area contributed by atoms with Gasteiger partial charge in [0.2, 0.25) is 0 Å². The quantitative estimate of drug-likeness (QED) is 0.762. The standard InChI is InChI=1S/C24H34N2O4/c1-5-23-10-6-13-25-14-12-24(22(23)25)16-7-8-17(29-3)20(27)19(16)26(18(24)9-11-23)15(2)21(28)30-4/h7-8,15,18,22,27H,5-6,9-14H2,1-4H3.